The number of ether oxygens (including phenoxy) is 1. The number of morpholine rings is 1. The molecule has 0 aromatic carbocycles. The lowest BCUT2D eigenvalue weighted by Gasteiger charge is -2.28. The third-order valence-corrected chi connectivity index (χ3v) is 4.89. The lowest BCUT2D eigenvalue weighted by atomic mass is 10.2. The number of carbonyl (C=O) groups excluding carboxylic acids is 1. The molecule has 1 saturated heterocycles. The molecule has 2 N–H and O–H groups in total. The first kappa shape index (κ1) is 19.4. The number of anilines is 2. The van der Waals surface area contributed by atoms with Gasteiger partial charge < -0.3 is 20.3 Å². The second kappa shape index (κ2) is 9.56. The van der Waals surface area contributed by atoms with Crippen molar-refractivity contribution >= 4 is 29.1 Å². The molecule has 1 aliphatic heterocycles. The first-order valence-electron chi connectivity index (χ1n) is 9.19. The number of hydrogen-bond donors (Lipinski definition) is 2. The summed E-state index contributed by atoms with van der Waals surface area (Å²) in [6, 6.07) is 1.94. The van der Waals surface area contributed by atoms with E-state index in [0.29, 0.717) is 37.0 Å². The van der Waals surface area contributed by atoms with Crippen molar-refractivity contribution in [3.63, 3.8) is 0 Å². The molecule has 9 nitrogen and oxygen atoms in total. The summed E-state index contributed by atoms with van der Waals surface area (Å²) in [6.45, 7) is 8.07. The average molecular weight is 392 g/mol. The average Bonchev–Trinajstić information content (AvgIpc) is 3.14. The predicted molar refractivity (Wildman–Crippen MR) is 105 cm³/mol. The Morgan fingerprint density at radius 3 is 2.89 bits per heavy atom. The number of nitrogens with one attached hydrogen (secondary N) is 2. The van der Waals surface area contributed by atoms with E-state index in [-0.39, 0.29) is 5.91 Å². The van der Waals surface area contributed by atoms with Crippen molar-refractivity contribution in [1.29, 1.82) is 0 Å². The fourth-order valence-corrected chi connectivity index (χ4v) is 3.45. The second-order valence-corrected chi connectivity index (χ2v) is 6.99. The second-order valence-electron chi connectivity index (χ2n) is 6.24. The Morgan fingerprint density at radius 1 is 1.30 bits per heavy atom. The zero-order valence-corrected chi connectivity index (χ0v) is 16.5. The molecule has 146 valence electrons. The molecule has 2 aromatic rings. The normalized spacial score (nSPS) is 14.2. The van der Waals surface area contributed by atoms with E-state index in [1.54, 1.807) is 0 Å². The van der Waals surface area contributed by atoms with Gasteiger partial charge in [0.05, 0.1) is 18.9 Å². The highest BCUT2D eigenvalue weighted by Gasteiger charge is 2.16. The summed E-state index contributed by atoms with van der Waals surface area (Å²) in [5.74, 6) is 2.25. The molecule has 0 radical (unpaired) electrons. The maximum Gasteiger partial charge on any atom is 0.265 e. The topological polar surface area (TPSA) is 105 Å². The molecule has 3 heterocycles. The summed E-state index contributed by atoms with van der Waals surface area (Å²) in [5.41, 5.74) is 0.773. The van der Waals surface area contributed by atoms with Gasteiger partial charge in [-0.15, -0.1) is 5.10 Å². The van der Waals surface area contributed by atoms with Crippen molar-refractivity contribution in [2.45, 2.75) is 26.7 Å². The number of carbonyl (C=O) groups is 1. The van der Waals surface area contributed by atoms with E-state index in [0.717, 1.165) is 54.8 Å². The van der Waals surface area contributed by atoms with Gasteiger partial charge in [0.15, 0.2) is 0 Å². The standard InChI is InChI=1S/C17H25N7O2S/c1-3-4-13-16(27-23-22-13)17(25)19-6-5-18-14-11-15(21-12(2)20-14)24-7-9-26-10-8-24/h11H,3-10H2,1-2H3,(H,19,25)(H,18,20,21). The van der Waals surface area contributed by atoms with Gasteiger partial charge in [-0.05, 0) is 24.9 Å². The maximum atomic E-state index is 12.3. The number of aryl methyl sites for hydroxylation is 2. The largest absolute Gasteiger partial charge is 0.378 e. The van der Waals surface area contributed by atoms with E-state index in [9.17, 15) is 4.79 Å². The van der Waals surface area contributed by atoms with Gasteiger partial charge in [-0.25, -0.2) is 9.97 Å². The number of hydrogen-bond acceptors (Lipinski definition) is 9. The van der Waals surface area contributed by atoms with Crippen LogP contribution in [-0.4, -0.2) is 64.9 Å². The van der Waals surface area contributed by atoms with E-state index in [4.69, 9.17) is 4.74 Å². The van der Waals surface area contributed by atoms with Crippen LogP contribution in [0.1, 0.15) is 34.5 Å². The number of rotatable bonds is 8. The summed E-state index contributed by atoms with van der Waals surface area (Å²) in [6.07, 6.45) is 1.70. The maximum absolute atomic E-state index is 12.3. The summed E-state index contributed by atoms with van der Waals surface area (Å²) in [7, 11) is 0. The molecule has 0 spiro atoms. The molecule has 10 heteroatoms. The van der Waals surface area contributed by atoms with E-state index in [1.165, 1.54) is 0 Å². The van der Waals surface area contributed by atoms with E-state index in [1.807, 2.05) is 13.0 Å². The van der Waals surface area contributed by atoms with Crippen molar-refractivity contribution in [3.05, 3.63) is 22.5 Å². The number of aromatic nitrogens is 4. The van der Waals surface area contributed by atoms with Crippen LogP contribution < -0.4 is 15.5 Å². The van der Waals surface area contributed by atoms with Gasteiger partial charge in [-0.2, -0.15) is 0 Å². The van der Waals surface area contributed by atoms with Crippen molar-refractivity contribution in [2.24, 2.45) is 0 Å². The highest BCUT2D eigenvalue weighted by molar-refractivity contribution is 7.08. The number of nitrogens with zero attached hydrogens (tertiary/aromatic N) is 5. The first-order valence-corrected chi connectivity index (χ1v) is 9.96. The van der Waals surface area contributed by atoms with Crippen molar-refractivity contribution in [2.75, 3.05) is 49.6 Å². The van der Waals surface area contributed by atoms with Gasteiger partial charge in [0, 0.05) is 32.2 Å². The van der Waals surface area contributed by atoms with Crippen LogP contribution in [0, 0.1) is 6.92 Å². The minimum Gasteiger partial charge on any atom is -0.378 e. The van der Waals surface area contributed by atoms with Crippen LogP contribution in [0.3, 0.4) is 0 Å². The molecule has 2 aromatic heterocycles. The van der Waals surface area contributed by atoms with Crippen LogP contribution in [0.4, 0.5) is 11.6 Å². The highest BCUT2D eigenvalue weighted by atomic mass is 32.1. The third kappa shape index (κ3) is 5.33. The third-order valence-electron chi connectivity index (χ3n) is 4.12. The molecule has 3 rings (SSSR count). The predicted octanol–water partition coefficient (Wildman–Crippen LogP) is 1.27. The first-order chi connectivity index (χ1) is 13.2. The summed E-state index contributed by atoms with van der Waals surface area (Å²) < 4.78 is 9.27. The minimum atomic E-state index is -0.122. The van der Waals surface area contributed by atoms with Gasteiger partial charge >= 0.3 is 0 Å². The van der Waals surface area contributed by atoms with Gasteiger partial charge in [-0.3, -0.25) is 4.79 Å². The fraction of sp³-hybridized carbons (Fsp3) is 0.588. The lowest BCUT2D eigenvalue weighted by molar-refractivity contribution is 0.0958. The minimum absolute atomic E-state index is 0.122. The monoisotopic (exact) mass is 391 g/mol. The number of amides is 1. The van der Waals surface area contributed by atoms with Crippen LogP contribution >= 0.6 is 11.5 Å². The van der Waals surface area contributed by atoms with Crippen molar-refractivity contribution in [3.8, 4) is 0 Å². The molecule has 1 amide bonds. The molecule has 1 fully saturated rings. The fourth-order valence-electron chi connectivity index (χ4n) is 2.83. The molecular weight excluding hydrogens is 366 g/mol. The van der Waals surface area contributed by atoms with Gasteiger partial charge in [0.1, 0.15) is 22.3 Å². The zero-order chi connectivity index (χ0) is 19.1. The Hall–Kier alpha value is -2.33. The van der Waals surface area contributed by atoms with Crippen LogP contribution in [0.25, 0.3) is 0 Å². The molecule has 1 aliphatic rings. The summed E-state index contributed by atoms with van der Waals surface area (Å²) in [4.78, 5) is 24.0. The Labute approximate surface area is 162 Å². The van der Waals surface area contributed by atoms with Crippen molar-refractivity contribution in [1.82, 2.24) is 24.9 Å². The van der Waals surface area contributed by atoms with E-state index in [2.05, 4.69) is 42.0 Å². The lowest BCUT2D eigenvalue weighted by Crippen LogP contribution is -2.37. The molecular formula is C17H25N7O2S. The Morgan fingerprint density at radius 2 is 2.11 bits per heavy atom. The van der Waals surface area contributed by atoms with E-state index >= 15 is 0 Å². The van der Waals surface area contributed by atoms with Crippen molar-refractivity contribution < 1.29 is 9.53 Å². The van der Waals surface area contributed by atoms with E-state index < -0.39 is 0 Å². The summed E-state index contributed by atoms with van der Waals surface area (Å²) in [5, 5.41) is 10.2. The smallest absolute Gasteiger partial charge is 0.265 e. The Bertz CT molecular complexity index is 761. The van der Waals surface area contributed by atoms with Crippen LogP contribution in [0.15, 0.2) is 6.07 Å². The summed E-state index contributed by atoms with van der Waals surface area (Å²) >= 11 is 1.14. The highest BCUT2D eigenvalue weighted by Crippen LogP contribution is 2.17. The van der Waals surface area contributed by atoms with Crippen LogP contribution in [0.5, 0.6) is 0 Å². The molecule has 0 saturated carbocycles. The molecule has 0 unspecified atom stereocenters. The molecule has 0 atom stereocenters. The quantitative estimate of drug-likeness (QED) is 0.648. The zero-order valence-electron chi connectivity index (χ0n) is 15.7. The Balaban J connectivity index is 1.50. The SMILES string of the molecule is CCCc1nnsc1C(=O)NCCNc1cc(N2CCOCC2)nc(C)n1. The van der Waals surface area contributed by atoms with Gasteiger partial charge in [-0.1, -0.05) is 17.8 Å². The van der Waals surface area contributed by atoms with Crippen LogP contribution in [0.2, 0.25) is 0 Å². The van der Waals surface area contributed by atoms with Gasteiger partial charge in [0.25, 0.3) is 5.91 Å². The Kier molecular flexibility index (Phi) is 6.88. The van der Waals surface area contributed by atoms with Crippen LogP contribution in [-0.2, 0) is 11.2 Å². The van der Waals surface area contributed by atoms with Gasteiger partial charge in [0.2, 0.25) is 0 Å². The molecule has 0 bridgehead atoms. The molecule has 27 heavy (non-hydrogen) atoms. The molecule has 0 aliphatic carbocycles.